The van der Waals surface area contributed by atoms with Crippen LogP contribution >= 0.6 is 0 Å². The standard InChI is InChI=1S/C18H13F3N2O3/c1-26-15-4-2-3-11(16(15)24)9-12(10-22)17(25)23-14-7-5-13(6-8-14)18(19,20)21/h2-9,24H,1H3,(H,23,25). The minimum absolute atomic E-state index is 0.0963. The SMILES string of the molecule is COc1cccc(C=C(C#N)C(=O)Nc2ccc(C(F)(F)F)cc2)c1O. The molecule has 0 aromatic heterocycles. The minimum atomic E-state index is -4.48. The Kier molecular flexibility index (Phi) is 5.52. The van der Waals surface area contributed by atoms with Gasteiger partial charge in [0.1, 0.15) is 11.6 Å². The van der Waals surface area contributed by atoms with Crippen LogP contribution in [0.3, 0.4) is 0 Å². The number of phenols is 1. The van der Waals surface area contributed by atoms with Crippen LogP contribution in [0.5, 0.6) is 11.5 Å². The molecule has 0 fully saturated rings. The van der Waals surface area contributed by atoms with Crippen molar-refractivity contribution in [1.29, 1.82) is 5.26 Å². The number of alkyl halides is 3. The van der Waals surface area contributed by atoms with Crippen LogP contribution in [0.4, 0.5) is 18.9 Å². The molecule has 0 heterocycles. The Labute approximate surface area is 146 Å². The van der Waals surface area contributed by atoms with Gasteiger partial charge in [0.25, 0.3) is 5.91 Å². The molecule has 0 aliphatic rings. The van der Waals surface area contributed by atoms with Gasteiger partial charge in [0.2, 0.25) is 0 Å². The Morgan fingerprint density at radius 1 is 1.23 bits per heavy atom. The fourth-order valence-corrected chi connectivity index (χ4v) is 2.07. The van der Waals surface area contributed by atoms with Crippen molar-refractivity contribution < 1.29 is 27.8 Å². The molecule has 134 valence electrons. The molecule has 0 radical (unpaired) electrons. The number of rotatable bonds is 4. The summed E-state index contributed by atoms with van der Waals surface area (Å²) in [6.45, 7) is 0. The highest BCUT2D eigenvalue weighted by atomic mass is 19.4. The van der Waals surface area contributed by atoms with Crippen LogP contribution < -0.4 is 10.1 Å². The van der Waals surface area contributed by atoms with Crippen LogP contribution in [0.2, 0.25) is 0 Å². The number of para-hydroxylation sites is 1. The highest BCUT2D eigenvalue weighted by molar-refractivity contribution is 6.09. The summed E-state index contributed by atoms with van der Waals surface area (Å²) in [7, 11) is 1.35. The molecule has 2 aromatic carbocycles. The number of hydrogen-bond donors (Lipinski definition) is 2. The maximum absolute atomic E-state index is 12.5. The molecule has 2 aromatic rings. The van der Waals surface area contributed by atoms with Gasteiger partial charge < -0.3 is 15.2 Å². The van der Waals surface area contributed by atoms with Crippen LogP contribution in [0.15, 0.2) is 48.0 Å². The van der Waals surface area contributed by atoms with Crippen molar-refractivity contribution in [3.8, 4) is 17.6 Å². The number of aromatic hydroxyl groups is 1. The first-order valence-corrected chi connectivity index (χ1v) is 7.22. The van der Waals surface area contributed by atoms with E-state index in [1.54, 1.807) is 12.1 Å². The van der Waals surface area contributed by atoms with E-state index in [1.807, 2.05) is 0 Å². The molecular weight excluding hydrogens is 349 g/mol. The number of phenolic OH excluding ortho intramolecular Hbond substituents is 1. The molecule has 0 aliphatic heterocycles. The van der Waals surface area contributed by atoms with E-state index in [0.717, 1.165) is 30.3 Å². The van der Waals surface area contributed by atoms with Crippen LogP contribution in [-0.2, 0) is 11.0 Å². The molecule has 2 rings (SSSR count). The number of carbonyl (C=O) groups excluding carboxylic acids is 1. The Morgan fingerprint density at radius 2 is 1.88 bits per heavy atom. The van der Waals surface area contributed by atoms with Gasteiger partial charge >= 0.3 is 6.18 Å². The topological polar surface area (TPSA) is 82.3 Å². The summed E-state index contributed by atoms with van der Waals surface area (Å²) in [6, 6.07) is 10.0. The molecule has 8 heteroatoms. The average molecular weight is 362 g/mol. The fraction of sp³-hybridized carbons (Fsp3) is 0.111. The number of halogens is 3. The molecule has 1 amide bonds. The van der Waals surface area contributed by atoms with Gasteiger partial charge in [-0.1, -0.05) is 12.1 Å². The lowest BCUT2D eigenvalue weighted by Gasteiger charge is -2.09. The zero-order valence-corrected chi connectivity index (χ0v) is 13.5. The summed E-state index contributed by atoms with van der Waals surface area (Å²) in [5.74, 6) is -0.904. The number of nitrogens with zero attached hydrogens (tertiary/aromatic N) is 1. The van der Waals surface area contributed by atoms with Crippen molar-refractivity contribution in [1.82, 2.24) is 0 Å². The lowest BCUT2D eigenvalue weighted by molar-refractivity contribution is -0.137. The van der Waals surface area contributed by atoms with Gasteiger partial charge in [0.05, 0.1) is 12.7 Å². The molecule has 26 heavy (non-hydrogen) atoms. The second-order valence-corrected chi connectivity index (χ2v) is 5.10. The number of amides is 1. The van der Waals surface area contributed by atoms with Crippen molar-refractivity contribution in [2.24, 2.45) is 0 Å². The van der Waals surface area contributed by atoms with Gasteiger partial charge in [-0.25, -0.2) is 0 Å². The van der Waals surface area contributed by atoms with Crippen LogP contribution in [0, 0.1) is 11.3 Å². The third-order valence-electron chi connectivity index (χ3n) is 3.39. The number of benzene rings is 2. The van der Waals surface area contributed by atoms with Gasteiger partial charge in [-0.05, 0) is 36.4 Å². The summed E-state index contributed by atoms with van der Waals surface area (Å²) in [6.07, 6.45) is -3.33. The number of methoxy groups -OCH3 is 1. The number of nitrogens with one attached hydrogen (secondary N) is 1. The van der Waals surface area contributed by atoms with Crippen molar-refractivity contribution >= 4 is 17.7 Å². The predicted molar refractivity (Wildman–Crippen MR) is 88.3 cm³/mol. The van der Waals surface area contributed by atoms with Crippen molar-refractivity contribution in [2.75, 3.05) is 12.4 Å². The maximum Gasteiger partial charge on any atom is 0.416 e. The Hall–Kier alpha value is -3.47. The van der Waals surface area contributed by atoms with E-state index in [1.165, 1.54) is 19.2 Å². The van der Waals surface area contributed by atoms with Gasteiger partial charge in [-0.2, -0.15) is 18.4 Å². The first kappa shape index (κ1) is 18.9. The summed E-state index contributed by atoms with van der Waals surface area (Å²) in [5, 5.41) is 21.5. The number of anilines is 1. The van der Waals surface area contributed by atoms with Crippen molar-refractivity contribution in [2.45, 2.75) is 6.18 Å². The van der Waals surface area contributed by atoms with Crippen LogP contribution in [0.25, 0.3) is 6.08 Å². The third kappa shape index (κ3) is 4.33. The highest BCUT2D eigenvalue weighted by Gasteiger charge is 2.30. The zero-order valence-electron chi connectivity index (χ0n) is 13.5. The largest absolute Gasteiger partial charge is 0.504 e. The van der Waals surface area contributed by atoms with Gasteiger partial charge in [0.15, 0.2) is 11.5 Å². The highest BCUT2D eigenvalue weighted by Crippen LogP contribution is 2.31. The van der Waals surface area contributed by atoms with Gasteiger partial charge in [-0.3, -0.25) is 4.79 Å². The molecule has 5 nitrogen and oxygen atoms in total. The summed E-state index contributed by atoms with van der Waals surface area (Å²) < 4.78 is 42.5. The van der Waals surface area contributed by atoms with E-state index >= 15 is 0 Å². The third-order valence-corrected chi connectivity index (χ3v) is 3.39. The monoisotopic (exact) mass is 362 g/mol. The maximum atomic E-state index is 12.5. The summed E-state index contributed by atoms with van der Waals surface area (Å²) in [5.41, 5.74) is -0.913. The second-order valence-electron chi connectivity index (χ2n) is 5.10. The lowest BCUT2D eigenvalue weighted by Crippen LogP contribution is -2.14. The summed E-state index contributed by atoms with van der Waals surface area (Å²) >= 11 is 0. The van der Waals surface area contributed by atoms with Gasteiger partial charge in [0, 0.05) is 11.3 Å². The first-order chi connectivity index (χ1) is 12.3. The Bertz CT molecular complexity index is 882. The molecule has 0 atom stereocenters. The number of carbonyl (C=O) groups is 1. The van der Waals surface area contributed by atoms with E-state index in [0.29, 0.717) is 0 Å². The van der Waals surface area contributed by atoms with Crippen molar-refractivity contribution in [3.63, 3.8) is 0 Å². The smallest absolute Gasteiger partial charge is 0.416 e. The minimum Gasteiger partial charge on any atom is -0.504 e. The van der Waals surface area contributed by atoms with Crippen LogP contribution in [-0.4, -0.2) is 18.1 Å². The molecule has 2 N–H and O–H groups in total. The first-order valence-electron chi connectivity index (χ1n) is 7.22. The number of ether oxygens (including phenoxy) is 1. The molecule has 0 saturated heterocycles. The van der Waals surface area contributed by atoms with Crippen LogP contribution in [0.1, 0.15) is 11.1 Å². The lowest BCUT2D eigenvalue weighted by atomic mass is 10.1. The van der Waals surface area contributed by atoms with Crippen molar-refractivity contribution in [3.05, 3.63) is 59.2 Å². The fourth-order valence-electron chi connectivity index (χ4n) is 2.07. The average Bonchev–Trinajstić information content (AvgIpc) is 2.60. The second kappa shape index (κ2) is 7.61. The van der Waals surface area contributed by atoms with E-state index in [4.69, 9.17) is 10.00 Å². The Balaban J connectivity index is 2.23. The quantitative estimate of drug-likeness (QED) is 0.637. The number of hydrogen-bond acceptors (Lipinski definition) is 4. The van der Waals surface area contributed by atoms with E-state index in [-0.39, 0.29) is 28.3 Å². The predicted octanol–water partition coefficient (Wildman–Crippen LogP) is 3.97. The molecule has 0 aliphatic carbocycles. The zero-order chi connectivity index (χ0) is 19.3. The molecule has 0 bridgehead atoms. The molecule has 0 saturated carbocycles. The Morgan fingerprint density at radius 3 is 2.42 bits per heavy atom. The number of nitriles is 1. The van der Waals surface area contributed by atoms with E-state index < -0.39 is 17.6 Å². The van der Waals surface area contributed by atoms with E-state index in [9.17, 15) is 23.1 Å². The summed E-state index contributed by atoms with van der Waals surface area (Å²) in [4.78, 5) is 12.2. The molecular formula is C18H13F3N2O3. The van der Waals surface area contributed by atoms with E-state index in [2.05, 4.69) is 5.32 Å². The van der Waals surface area contributed by atoms with Gasteiger partial charge in [-0.15, -0.1) is 0 Å². The normalized spacial score (nSPS) is 11.6. The molecule has 0 spiro atoms. The molecule has 0 unspecified atom stereocenters.